The molecule has 1 aromatic heterocycles. The molecular weight excluding hydrogens is 414 g/mol. The van der Waals surface area contributed by atoms with Gasteiger partial charge in [-0.05, 0) is 48.4 Å². The quantitative estimate of drug-likeness (QED) is 0.379. The van der Waals surface area contributed by atoms with Crippen LogP contribution in [0, 0.1) is 0 Å². The number of rotatable bonds is 7. The zero-order chi connectivity index (χ0) is 23.0. The Morgan fingerprint density at radius 3 is 1.97 bits per heavy atom. The van der Waals surface area contributed by atoms with Crippen molar-refractivity contribution in [3.8, 4) is 0 Å². The molecule has 0 aliphatic carbocycles. The Bertz CT molecular complexity index is 1180. The largest absolute Gasteiger partial charge is 0.347 e. The van der Waals surface area contributed by atoms with Crippen LogP contribution in [-0.2, 0) is 4.79 Å². The summed E-state index contributed by atoms with van der Waals surface area (Å²) in [5.74, 6) is -0.151. The number of benzene rings is 3. The van der Waals surface area contributed by atoms with Crippen LogP contribution in [0.2, 0.25) is 0 Å². The summed E-state index contributed by atoms with van der Waals surface area (Å²) in [6.45, 7) is 1.92. The first kappa shape index (κ1) is 21.8. The number of carbonyl (C=O) groups is 2. The Balaban J connectivity index is 1.40. The predicted octanol–water partition coefficient (Wildman–Crippen LogP) is 4.99. The van der Waals surface area contributed by atoms with Crippen LogP contribution < -0.4 is 16.0 Å². The Kier molecular flexibility index (Phi) is 6.80. The summed E-state index contributed by atoms with van der Waals surface area (Å²) >= 11 is 0. The van der Waals surface area contributed by atoms with Crippen molar-refractivity contribution >= 4 is 23.3 Å². The summed E-state index contributed by atoms with van der Waals surface area (Å²) in [5.41, 5.74) is 3.15. The summed E-state index contributed by atoms with van der Waals surface area (Å²) < 4.78 is 1.65. The first-order valence-electron chi connectivity index (χ1n) is 10.7. The molecule has 7 heteroatoms. The molecule has 166 valence electrons. The van der Waals surface area contributed by atoms with Gasteiger partial charge in [0.15, 0.2) is 6.04 Å². The molecule has 0 fully saturated rings. The van der Waals surface area contributed by atoms with E-state index in [1.807, 2.05) is 91.9 Å². The normalized spacial score (nSPS) is 12.4. The molecule has 4 aromatic rings. The van der Waals surface area contributed by atoms with E-state index in [4.69, 9.17) is 0 Å². The van der Waals surface area contributed by atoms with Crippen LogP contribution in [0.5, 0.6) is 0 Å². The zero-order valence-corrected chi connectivity index (χ0v) is 18.2. The number of nitrogens with one attached hydrogen (secondary N) is 3. The lowest BCUT2D eigenvalue weighted by Gasteiger charge is -2.21. The van der Waals surface area contributed by atoms with Crippen molar-refractivity contribution in [1.82, 2.24) is 15.1 Å². The van der Waals surface area contributed by atoms with E-state index in [1.165, 1.54) is 0 Å². The van der Waals surface area contributed by atoms with Gasteiger partial charge in [-0.2, -0.15) is 5.10 Å². The number of amides is 3. The van der Waals surface area contributed by atoms with Crippen LogP contribution in [0.25, 0.3) is 0 Å². The van der Waals surface area contributed by atoms with Gasteiger partial charge in [0.2, 0.25) is 5.91 Å². The molecule has 4 rings (SSSR count). The van der Waals surface area contributed by atoms with Crippen molar-refractivity contribution in [3.05, 3.63) is 115 Å². The lowest BCUT2D eigenvalue weighted by molar-refractivity contribution is -0.124. The standard InChI is InChI=1S/C26H25N5O2/c1-19(28-25(32)24(31-18-8-17-27-31)21-9-4-2-5-10-21)20-13-15-23(16-14-20)30-26(33)29-22-11-6-3-7-12-22/h2-19,24H,1H3,(H,28,32)(H2,29,30,33). The number of para-hydroxylation sites is 1. The second-order valence-electron chi connectivity index (χ2n) is 7.60. The second kappa shape index (κ2) is 10.3. The maximum Gasteiger partial charge on any atom is 0.323 e. The highest BCUT2D eigenvalue weighted by Gasteiger charge is 2.24. The Morgan fingerprint density at radius 1 is 0.758 bits per heavy atom. The number of urea groups is 1. The Morgan fingerprint density at radius 2 is 1.36 bits per heavy atom. The molecule has 0 spiro atoms. The van der Waals surface area contributed by atoms with E-state index >= 15 is 0 Å². The highest BCUT2D eigenvalue weighted by atomic mass is 16.2. The number of anilines is 2. The molecule has 0 aliphatic heterocycles. The molecule has 0 bridgehead atoms. The molecular formula is C26H25N5O2. The average Bonchev–Trinajstić information content (AvgIpc) is 3.35. The third kappa shape index (κ3) is 5.65. The summed E-state index contributed by atoms with van der Waals surface area (Å²) in [4.78, 5) is 25.4. The van der Waals surface area contributed by atoms with E-state index in [9.17, 15) is 9.59 Å². The van der Waals surface area contributed by atoms with Gasteiger partial charge in [0, 0.05) is 23.8 Å². The molecule has 0 saturated carbocycles. The van der Waals surface area contributed by atoms with Crippen molar-refractivity contribution in [2.75, 3.05) is 10.6 Å². The second-order valence-corrected chi connectivity index (χ2v) is 7.60. The number of carbonyl (C=O) groups excluding carboxylic acids is 2. The van der Waals surface area contributed by atoms with Gasteiger partial charge in [-0.15, -0.1) is 0 Å². The lowest BCUT2D eigenvalue weighted by atomic mass is 10.0. The minimum Gasteiger partial charge on any atom is -0.347 e. The smallest absolute Gasteiger partial charge is 0.323 e. The van der Waals surface area contributed by atoms with Crippen molar-refractivity contribution < 1.29 is 9.59 Å². The summed E-state index contributed by atoms with van der Waals surface area (Å²) in [6, 6.07) is 26.9. The lowest BCUT2D eigenvalue weighted by Crippen LogP contribution is -2.35. The van der Waals surface area contributed by atoms with E-state index in [0.29, 0.717) is 11.4 Å². The van der Waals surface area contributed by atoms with Gasteiger partial charge in [-0.1, -0.05) is 60.7 Å². The first-order valence-corrected chi connectivity index (χ1v) is 10.7. The fourth-order valence-electron chi connectivity index (χ4n) is 3.54. The molecule has 3 N–H and O–H groups in total. The van der Waals surface area contributed by atoms with Crippen LogP contribution in [0.1, 0.15) is 30.1 Å². The predicted molar refractivity (Wildman–Crippen MR) is 129 cm³/mol. The fourth-order valence-corrected chi connectivity index (χ4v) is 3.54. The monoisotopic (exact) mass is 439 g/mol. The third-order valence-corrected chi connectivity index (χ3v) is 5.21. The van der Waals surface area contributed by atoms with Crippen LogP contribution in [0.15, 0.2) is 103 Å². The molecule has 33 heavy (non-hydrogen) atoms. The fraction of sp³-hybridized carbons (Fsp3) is 0.115. The molecule has 0 radical (unpaired) electrons. The molecule has 3 amide bonds. The Labute approximate surface area is 192 Å². The van der Waals surface area contributed by atoms with Gasteiger partial charge in [0.05, 0.1) is 6.04 Å². The average molecular weight is 440 g/mol. The molecule has 2 unspecified atom stereocenters. The van der Waals surface area contributed by atoms with Crippen molar-refractivity contribution in [3.63, 3.8) is 0 Å². The maximum absolute atomic E-state index is 13.2. The molecule has 3 aromatic carbocycles. The maximum atomic E-state index is 13.2. The minimum atomic E-state index is -0.564. The van der Waals surface area contributed by atoms with Gasteiger partial charge >= 0.3 is 6.03 Å². The summed E-state index contributed by atoms with van der Waals surface area (Å²) in [5, 5.41) is 12.9. The van der Waals surface area contributed by atoms with Crippen molar-refractivity contribution in [2.45, 2.75) is 19.0 Å². The summed E-state index contributed by atoms with van der Waals surface area (Å²) in [6.07, 6.45) is 3.44. The SMILES string of the molecule is CC(NC(=O)C(c1ccccc1)n1cccn1)c1ccc(NC(=O)Nc2ccccc2)cc1. The van der Waals surface area contributed by atoms with Gasteiger partial charge in [-0.3, -0.25) is 9.48 Å². The van der Waals surface area contributed by atoms with Crippen LogP contribution >= 0.6 is 0 Å². The molecule has 1 heterocycles. The first-order chi connectivity index (χ1) is 16.1. The molecule has 0 aliphatic rings. The number of nitrogens with zero attached hydrogens (tertiary/aromatic N) is 2. The van der Waals surface area contributed by atoms with Crippen molar-refractivity contribution in [2.24, 2.45) is 0 Å². The minimum absolute atomic E-state index is 0.151. The number of hydrogen-bond acceptors (Lipinski definition) is 3. The zero-order valence-electron chi connectivity index (χ0n) is 18.2. The van der Waals surface area contributed by atoms with E-state index in [0.717, 1.165) is 11.1 Å². The van der Waals surface area contributed by atoms with E-state index in [-0.39, 0.29) is 18.0 Å². The van der Waals surface area contributed by atoms with Gasteiger partial charge in [0.25, 0.3) is 0 Å². The van der Waals surface area contributed by atoms with Crippen LogP contribution in [-0.4, -0.2) is 21.7 Å². The third-order valence-electron chi connectivity index (χ3n) is 5.21. The van der Waals surface area contributed by atoms with Crippen LogP contribution in [0.3, 0.4) is 0 Å². The highest BCUT2D eigenvalue weighted by Crippen LogP contribution is 2.21. The topological polar surface area (TPSA) is 88.1 Å². The van der Waals surface area contributed by atoms with E-state index in [1.54, 1.807) is 23.1 Å². The van der Waals surface area contributed by atoms with Gasteiger partial charge in [0.1, 0.15) is 0 Å². The van der Waals surface area contributed by atoms with E-state index < -0.39 is 6.04 Å². The molecule has 7 nitrogen and oxygen atoms in total. The van der Waals surface area contributed by atoms with Crippen LogP contribution in [0.4, 0.5) is 16.2 Å². The summed E-state index contributed by atoms with van der Waals surface area (Å²) in [7, 11) is 0. The van der Waals surface area contributed by atoms with Crippen molar-refractivity contribution in [1.29, 1.82) is 0 Å². The Hall–Kier alpha value is -4.39. The number of hydrogen-bond donors (Lipinski definition) is 3. The number of aromatic nitrogens is 2. The van der Waals surface area contributed by atoms with Gasteiger partial charge < -0.3 is 16.0 Å². The van der Waals surface area contributed by atoms with Gasteiger partial charge in [-0.25, -0.2) is 4.79 Å². The molecule has 2 atom stereocenters. The highest BCUT2D eigenvalue weighted by molar-refractivity contribution is 5.99. The molecule has 0 saturated heterocycles. The van der Waals surface area contributed by atoms with E-state index in [2.05, 4.69) is 21.0 Å².